The second-order valence-corrected chi connectivity index (χ2v) is 6.11. The highest BCUT2D eigenvalue weighted by atomic mass is 16.5. The first-order valence-corrected chi connectivity index (χ1v) is 8.13. The quantitative estimate of drug-likeness (QED) is 0.817. The highest BCUT2D eigenvalue weighted by Crippen LogP contribution is 2.22. The van der Waals surface area contributed by atoms with Crippen molar-refractivity contribution in [3.63, 3.8) is 0 Å². The fourth-order valence-corrected chi connectivity index (χ4v) is 2.71. The van der Waals surface area contributed by atoms with Gasteiger partial charge in [-0.2, -0.15) is 0 Å². The predicted octanol–water partition coefficient (Wildman–Crippen LogP) is 2.26. The number of hydrogen-bond donors (Lipinski definition) is 2. The number of nitrogen functional groups attached to an aromatic ring is 1. The number of nitrogens with one attached hydrogen (secondary N) is 1. The van der Waals surface area contributed by atoms with E-state index in [1.807, 2.05) is 19.9 Å². The van der Waals surface area contributed by atoms with Crippen molar-refractivity contribution in [3.8, 4) is 5.88 Å². The van der Waals surface area contributed by atoms with E-state index in [-0.39, 0.29) is 11.8 Å². The molecule has 126 valence electrons. The lowest BCUT2D eigenvalue weighted by Gasteiger charge is -2.17. The zero-order chi connectivity index (χ0) is 17.1. The fraction of sp³-hybridized carbons (Fsp3) is 0.412. The molecule has 0 bridgehead atoms. The number of rotatable bonds is 5. The summed E-state index contributed by atoms with van der Waals surface area (Å²) in [6.07, 6.45) is 5.36. The van der Waals surface area contributed by atoms with E-state index >= 15 is 0 Å². The predicted molar refractivity (Wildman–Crippen MR) is 93.8 cm³/mol. The Labute approximate surface area is 141 Å². The molecule has 0 aromatic carbocycles. The largest absolute Gasteiger partial charge is 0.475 e. The monoisotopic (exact) mass is 326 g/mol. The maximum atomic E-state index is 8.49. The number of hydrogen-bond acceptors (Lipinski definition) is 7. The summed E-state index contributed by atoms with van der Waals surface area (Å²) in [5, 5.41) is 8.49. The highest BCUT2D eigenvalue weighted by molar-refractivity contribution is 6.13. The van der Waals surface area contributed by atoms with Crippen LogP contribution in [0.4, 0.5) is 11.5 Å². The number of aromatic nitrogens is 3. The third-order valence-corrected chi connectivity index (χ3v) is 3.87. The van der Waals surface area contributed by atoms with Crippen LogP contribution >= 0.6 is 0 Å². The summed E-state index contributed by atoms with van der Waals surface area (Å²) in [5.41, 5.74) is 7.78. The molecule has 0 radical (unpaired) electrons. The number of nitrogens with two attached hydrogens (primary N) is 1. The molecule has 7 nitrogen and oxygen atoms in total. The topological polar surface area (TPSA) is 101 Å². The molecule has 2 aromatic rings. The molecule has 1 aliphatic heterocycles. The van der Waals surface area contributed by atoms with Crippen molar-refractivity contribution in [2.75, 3.05) is 23.7 Å². The smallest absolute Gasteiger partial charge is 0.214 e. The molecule has 24 heavy (non-hydrogen) atoms. The van der Waals surface area contributed by atoms with Gasteiger partial charge in [0.15, 0.2) is 0 Å². The summed E-state index contributed by atoms with van der Waals surface area (Å²) in [4.78, 5) is 14.9. The maximum absolute atomic E-state index is 8.49. The van der Waals surface area contributed by atoms with Crippen molar-refractivity contribution < 1.29 is 4.74 Å². The van der Waals surface area contributed by atoms with E-state index in [9.17, 15) is 0 Å². The van der Waals surface area contributed by atoms with Gasteiger partial charge in [0.1, 0.15) is 12.1 Å². The van der Waals surface area contributed by atoms with Crippen LogP contribution in [0.5, 0.6) is 5.88 Å². The van der Waals surface area contributed by atoms with Crippen molar-refractivity contribution in [3.05, 3.63) is 35.9 Å². The summed E-state index contributed by atoms with van der Waals surface area (Å²) in [6, 6.07) is 3.53. The molecular formula is C17H22N6O. The summed E-state index contributed by atoms with van der Waals surface area (Å²) < 4.78 is 5.60. The minimum absolute atomic E-state index is 0.00368. The lowest BCUT2D eigenvalue weighted by atomic mass is 10.1. The molecular weight excluding hydrogens is 304 g/mol. The summed E-state index contributed by atoms with van der Waals surface area (Å²) >= 11 is 0. The van der Waals surface area contributed by atoms with Crippen molar-refractivity contribution in [2.45, 2.75) is 32.8 Å². The number of ether oxygens (including phenoxy) is 1. The third kappa shape index (κ3) is 3.45. The van der Waals surface area contributed by atoms with E-state index < -0.39 is 0 Å². The third-order valence-electron chi connectivity index (χ3n) is 3.87. The van der Waals surface area contributed by atoms with Gasteiger partial charge in [0, 0.05) is 30.8 Å². The average Bonchev–Trinajstić information content (AvgIpc) is 3.10. The minimum atomic E-state index is 0.00368. The van der Waals surface area contributed by atoms with Crippen LogP contribution in [0.15, 0.2) is 24.7 Å². The van der Waals surface area contributed by atoms with E-state index in [1.54, 1.807) is 6.07 Å². The molecule has 3 rings (SSSR count). The zero-order valence-electron chi connectivity index (χ0n) is 14.0. The van der Waals surface area contributed by atoms with Crippen LogP contribution in [0.1, 0.15) is 37.9 Å². The van der Waals surface area contributed by atoms with E-state index in [0.717, 1.165) is 18.9 Å². The second kappa shape index (κ2) is 6.82. The first-order chi connectivity index (χ1) is 11.5. The van der Waals surface area contributed by atoms with Crippen LogP contribution in [0.3, 0.4) is 0 Å². The van der Waals surface area contributed by atoms with Gasteiger partial charge < -0.3 is 15.4 Å². The Kier molecular flexibility index (Phi) is 4.59. The standard InChI is InChI=1S/C17H22N6O/c1-11(2)24-16-7-12(13(18)9-20-16)17(19)14-8-15(22-10-21-14)23-5-3-4-6-23/h7-11,19H,3-6,18H2,1-2H3. The van der Waals surface area contributed by atoms with Crippen molar-refractivity contribution >= 4 is 17.2 Å². The molecule has 1 fully saturated rings. The van der Waals surface area contributed by atoms with Gasteiger partial charge in [-0.3, -0.25) is 5.41 Å². The van der Waals surface area contributed by atoms with E-state index in [4.69, 9.17) is 15.9 Å². The summed E-state index contributed by atoms with van der Waals surface area (Å²) in [7, 11) is 0. The van der Waals surface area contributed by atoms with E-state index in [0.29, 0.717) is 22.8 Å². The molecule has 0 unspecified atom stereocenters. The first kappa shape index (κ1) is 16.2. The molecule has 3 N–H and O–H groups in total. The fourth-order valence-electron chi connectivity index (χ4n) is 2.71. The lowest BCUT2D eigenvalue weighted by Crippen LogP contribution is -2.20. The maximum Gasteiger partial charge on any atom is 0.214 e. The summed E-state index contributed by atoms with van der Waals surface area (Å²) in [5.74, 6) is 1.31. The van der Waals surface area contributed by atoms with Crippen LogP contribution < -0.4 is 15.4 Å². The van der Waals surface area contributed by atoms with Crippen molar-refractivity contribution in [1.82, 2.24) is 15.0 Å². The van der Waals surface area contributed by atoms with Crippen molar-refractivity contribution in [1.29, 1.82) is 5.41 Å². The molecule has 0 saturated carbocycles. The highest BCUT2D eigenvalue weighted by Gasteiger charge is 2.17. The Morgan fingerprint density at radius 3 is 2.67 bits per heavy atom. The van der Waals surface area contributed by atoms with Crippen LogP contribution in [0, 0.1) is 5.41 Å². The van der Waals surface area contributed by atoms with Crippen molar-refractivity contribution in [2.24, 2.45) is 0 Å². The molecule has 2 aromatic heterocycles. The Hall–Kier alpha value is -2.70. The van der Waals surface area contributed by atoms with E-state index in [2.05, 4.69) is 19.9 Å². The Morgan fingerprint density at radius 1 is 1.21 bits per heavy atom. The van der Waals surface area contributed by atoms with Gasteiger partial charge >= 0.3 is 0 Å². The SMILES string of the molecule is CC(C)Oc1cc(C(=N)c2cc(N3CCCC3)ncn2)c(N)cn1. The molecule has 1 saturated heterocycles. The molecule has 0 atom stereocenters. The molecule has 0 amide bonds. The Morgan fingerprint density at radius 2 is 1.96 bits per heavy atom. The van der Waals surface area contributed by atoms with Gasteiger partial charge in [0.05, 0.1) is 29.4 Å². The number of anilines is 2. The molecule has 7 heteroatoms. The van der Waals surface area contributed by atoms with E-state index in [1.165, 1.54) is 25.4 Å². The second-order valence-electron chi connectivity index (χ2n) is 6.11. The zero-order valence-corrected chi connectivity index (χ0v) is 14.0. The van der Waals surface area contributed by atoms with Gasteiger partial charge in [-0.05, 0) is 26.7 Å². The van der Waals surface area contributed by atoms with Gasteiger partial charge in [-0.1, -0.05) is 0 Å². The first-order valence-electron chi connectivity index (χ1n) is 8.13. The summed E-state index contributed by atoms with van der Waals surface area (Å²) in [6.45, 7) is 5.84. The van der Waals surface area contributed by atoms with Gasteiger partial charge in [0.25, 0.3) is 0 Å². The molecule has 0 spiro atoms. The average molecular weight is 326 g/mol. The van der Waals surface area contributed by atoms with Crippen LogP contribution in [0.2, 0.25) is 0 Å². The van der Waals surface area contributed by atoms with Gasteiger partial charge in [-0.25, -0.2) is 15.0 Å². The normalized spacial score (nSPS) is 14.2. The van der Waals surface area contributed by atoms with Gasteiger partial charge in [-0.15, -0.1) is 0 Å². The van der Waals surface area contributed by atoms with Crippen LogP contribution in [-0.2, 0) is 0 Å². The number of nitrogens with zero attached hydrogens (tertiary/aromatic N) is 4. The number of pyridine rings is 1. The Bertz CT molecular complexity index is 740. The molecule has 3 heterocycles. The van der Waals surface area contributed by atoms with Crippen LogP contribution in [-0.4, -0.2) is 39.9 Å². The van der Waals surface area contributed by atoms with Gasteiger partial charge in [0.2, 0.25) is 5.88 Å². The molecule has 0 aliphatic carbocycles. The minimum Gasteiger partial charge on any atom is -0.475 e. The Balaban J connectivity index is 1.89. The molecule has 1 aliphatic rings. The lowest BCUT2D eigenvalue weighted by molar-refractivity contribution is 0.232. The van der Waals surface area contributed by atoms with Crippen LogP contribution in [0.25, 0.3) is 0 Å².